The van der Waals surface area contributed by atoms with Crippen LogP contribution in [0.2, 0.25) is 5.02 Å². The molecule has 1 amide bonds. The maximum Gasteiger partial charge on any atom is 0.261 e. The Bertz CT molecular complexity index is 698. The summed E-state index contributed by atoms with van der Waals surface area (Å²) in [5, 5.41) is 3.71. The normalized spacial score (nSPS) is 11.8. The summed E-state index contributed by atoms with van der Waals surface area (Å²) in [7, 11) is 0. The molecule has 0 heterocycles. The molecule has 2 rings (SSSR count). The van der Waals surface area contributed by atoms with Gasteiger partial charge in [-0.25, -0.2) is 0 Å². The molecule has 134 valence electrons. The summed E-state index contributed by atoms with van der Waals surface area (Å²) in [5.41, 5.74) is 3.60. The summed E-state index contributed by atoms with van der Waals surface area (Å²) in [6, 6.07) is 13.7. The quantitative estimate of drug-likeness (QED) is 0.683. The van der Waals surface area contributed by atoms with E-state index in [9.17, 15) is 4.79 Å². The van der Waals surface area contributed by atoms with Crippen molar-refractivity contribution in [3.63, 3.8) is 0 Å². The van der Waals surface area contributed by atoms with Gasteiger partial charge in [-0.1, -0.05) is 36.7 Å². The topological polar surface area (TPSA) is 38.3 Å². The van der Waals surface area contributed by atoms with E-state index in [2.05, 4.69) is 12.2 Å². The van der Waals surface area contributed by atoms with Crippen LogP contribution < -0.4 is 10.1 Å². The van der Waals surface area contributed by atoms with Gasteiger partial charge in [-0.15, -0.1) is 0 Å². The van der Waals surface area contributed by atoms with Crippen LogP contribution in [-0.4, -0.2) is 18.6 Å². The van der Waals surface area contributed by atoms with E-state index in [1.54, 1.807) is 0 Å². The number of hydrogen-bond donors (Lipinski definition) is 1. The molecule has 1 unspecified atom stereocenters. The number of rotatable bonds is 8. The largest absolute Gasteiger partial charge is 0.481 e. The first-order chi connectivity index (χ1) is 12.0. The van der Waals surface area contributed by atoms with E-state index in [-0.39, 0.29) is 5.91 Å². The van der Waals surface area contributed by atoms with E-state index in [0.29, 0.717) is 13.0 Å². The zero-order valence-electron chi connectivity index (χ0n) is 15.1. The molecule has 0 spiro atoms. The third kappa shape index (κ3) is 6.09. The highest BCUT2D eigenvalue weighted by Gasteiger charge is 2.17. The Hall–Kier alpha value is -2.00. The van der Waals surface area contributed by atoms with Crippen molar-refractivity contribution in [1.82, 2.24) is 5.32 Å². The van der Waals surface area contributed by atoms with Crippen LogP contribution in [0.15, 0.2) is 42.5 Å². The fourth-order valence-electron chi connectivity index (χ4n) is 2.54. The van der Waals surface area contributed by atoms with Gasteiger partial charge in [0.05, 0.1) is 0 Å². The van der Waals surface area contributed by atoms with Crippen molar-refractivity contribution < 1.29 is 9.53 Å². The molecule has 1 atom stereocenters. The molecule has 2 aromatic rings. The lowest BCUT2D eigenvalue weighted by Crippen LogP contribution is -2.38. The third-order valence-corrected chi connectivity index (χ3v) is 4.53. The molecule has 1 N–H and O–H groups in total. The highest BCUT2D eigenvalue weighted by Crippen LogP contribution is 2.18. The number of halogens is 1. The third-order valence-electron chi connectivity index (χ3n) is 4.27. The Morgan fingerprint density at radius 3 is 2.48 bits per heavy atom. The molecule has 0 saturated carbocycles. The monoisotopic (exact) mass is 359 g/mol. The van der Waals surface area contributed by atoms with Crippen LogP contribution in [0.1, 0.15) is 36.5 Å². The number of nitrogens with one attached hydrogen (secondary N) is 1. The van der Waals surface area contributed by atoms with Crippen LogP contribution in [0.3, 0.4) is 0 Å². The van der Waals surface area contributed by atoms with Crippen molar-refractivity contribution in [2.45, 2.75) is 46.1 Å². The summed E-state index contributed by atoms with van der Waals surface area (Å²) >= 11 is 5.88. The van der Waals surface area contributed by atoms with Crippen molar-refractivity contribution in [2.75, 3.05) is 6.54 Å². The standard InChI is InChI=1S/C21H26ClNO2/c1-4-20(25-19-12-7-15(2)16(3)14-19)21(24)23-13-5-6-17-8-10-18(22)11-9-17/h7-12,14,20H,4-6,13H2,1-3H3,(H,23,24). The van der Waals surface area contributed by atoms with Crippen LogP contribution in [-0.2, 0) is 11.2 Å². The number of carbonyl (C=O) groups is 1. The predicted molar refractivity (Wildman–Crippen MR) is 103 cm³/mol. The number of amides is 1. The molecule has 0 fully saturated rings. The molecule has 0 aliphatic rings. The van der Waals surface area contributed by atoms with Gasteiger partial charge in [0, 0.05) is 11.6 Å². The Balaban J connectivity index is 1.79. The lowest BCUT2D eigenvalue weighted by molar-refractivity contribution is -0.128. The second kappa shape index (κ2) is 9.47. The van der Waals surface area contributed by atoms with Gasteiger partial charge < -0.3 is 10.1 Å². The molecule has 0 aliphatic carbocycles. The molecule has 0 aromatic heterocycles. The van der Waals surface area contributed by atoms with Gasteiger partial charge in [0.25, 0.3) is 5.91 Å². The first-order valence-corrected chi connectivity index (χ1v) is 9.13. The van der Waals surface area contributed by atoms with Crippen molar-refractivity contribution in [1.29, 1.82) is 0 Å². The van der Waals surface area contributed by atoms with Gasteiger partial charge in [0.2, 0.25) is 0 Å². The van der Waals surface area contributed by atoms with Gasteiger partial charge in [-0.05, 0) is 74.1 Å². The van der Waals surface area contributed by atoms with Gasteiger partial charge >= 0.3 is 0 Å². The SMILES string of the molecule is CCC(Oc1ccc(C)c(C)c1)C(=O)NCCCc1ccc(Cl)cc1. The number of aryl methyl sites for hydroxylation is 3. The van der Waals surface area contributed by atoms with Gasteiger partial charge in [-0.2, -0.15) is 0 Å². The van der Waals surface area contributed by atoms with Crippen LogP contribution >= 0.6 is 11.6 Å². The lowest BCUT2D eigenvalue weighted by atomic mass is 10.1. The van der Waals surface area contributed by atoms with Crippen molar-refractivity contribution in [2.24, 2.45) is 0 Å². The van der Waals surface area contributed by atoms with E-state index in [1.807, 2.05) is 56.3 Å². The van der Waals surface area contributed by atoms with Crippen LogP contribution in [0.25, 0.3) is 0 Å². The van der Waals surface area contributed by atoms with E-state index in [1.165, 1.54) is 11.1 Å². The summed E-state index contributed by atoms with van der Waals surface area (Å²) in [6.07, 6.45) is 1.97. The van der Waals surface area contributed by atoms with Gasteiger partial charge in [0.15, 0.2) is 6.10 Å². The Labute approximate surface area is 155 Å². The molecular formula is C21H26ClNO2. The minimum absolute atomic E-state index is 0.0585. The summed E-state index contributed by atoms with van der Waals surface area (Å²) in [5.74, 6) is 0.683. The van der Waals surface area contributed by atoms with Crippen LogP contribution in [0.4, 0.5) is 0 Å². The zero-order chi connectivity index (χ0) is 18.2. The molecule has 0 radical (unpaired) electrons. The van der Waals surface area contributed by atoms with Gasteiger partial charge in [-0.3, -0.25) is 4.79 Å². The van der Waals surface area contributed by atoms with E-state index < -0.39 is 6.10 Å². The number of carbonyl (C=O) groups excluding carboxylic acids is 1. The van der Waals surface area contributed by atoms with E-state index in [4.69, 9.17) is 16.3 Å². The molecule has 0 aliphatic heterocycles. The summed E-state index contributed by atoms with van der Waals surface area (Å²) in [6.45, 7) is 6.69. The second-order valence-electron chi connectivity index (χ2n) is 6.28. The molecule has 0 bridgehead atoms. The zero-order valence-corrected chi connectivity index (χ0v) is 15.9. The average Bonchev–Trinajstić information content (AvgIpc) is 2.61. The molecule has 25 heavy (non-hydrogen) atoms. The lowest BCUT2D eigenvalue weighted by Gasteiger charge is -2.18. The van der Waals surface area contributed by atoms with Crippen molar-refractivity contribution in [3.05, 3.63) is 64.2 Å². The maximum atomic E-state index is 12.3. The molecular weight excluding hydrogens is 334 g/mol. The highest BCUT2D eigenvalue weighted by atomic mass is 35.5. The first kappa shape index (κ1) is 19.3. The Kier molecular flexibility index (Phi) is 7.32. The van der Waals surface area contributed by atoms with Crippen molar-refractivity contribution >= 4 is 17.5 Å². The minimum Gasteiger partial charge on any atom is -0.481 e. The second-order valence-corrected chi connectivity index (χ2v) is 6.72. The minimum atomic E-state index is -0.461. The number of hydrogen-bond acceptors (Lipinski definition) is 2. The Morgan fingerprint density at radius 2 is 1.84 bits per heavy atom. The van der Waals surface area contributed by atoms with E-state index >= 15 is 0 Å². The number of benzene rings is 2. The summed E-state index contributed by atoms with van der Waals surface area (Å²) < 4.78 is 5.86. The highest BCUT2D eigenvalue weighted by molar-refractivity contribution is 6.30. The smallest absolute Gasteiger partial charge is 0.261 e. The molecule has 3 nitrogen and oxygen atoms in total. The average molecular weight is 360 g/mol. The molecule has 4 heteroatoms. The fraction of sp³-hybridized carbons (Fsp3) is 0.381. The van der Waals surface area contributed by atoms with E-state index in [0.717, 1.165) is 29.2 Å². The molecule has 0 saturated heterocycles. The maximum absolute atomic E-state index is 12.3. The number of ether oxygens (including phenoxy) is 1. The van der Waals surface area contributed by atoms with Crippen molar-refractivity contribution in [3.8, 4) is 5.75 Å². The fourth-order valence-corrected chi connectivity index (χ4v) is 2.67. The van der Waals surface area contributed by atoms with Crippen LogP contribution in [0.5, 0.6) is 5.75 Å². The predicted octanol–water partition coefficient (Wildman–Crippen LogP) is 4.86. The first-order valence-electron chi connectivity index (χ1n) is 8.75. The Morgan fingerprint density at radius 1 is 1.12 bits per heavy atom. The van der Waals surface area contributed by atoms with Crippen LogP contribution in [0, 0.1) is 13.8 Å². The molecule has 2 aromatic carbocycles. The summed E-state index contributed by atoms with van der Waals surface area (Å²) in [4.78, 5) is 12.3. The van der Waals surface area contributed by atoms with Gasteiger partial charge in [0.1, 0.15) is 5.75 Å².